The van der Waals surface area contributed by atoms with Crippen LogP contribution < -0.4 is 0 Å². The standard InChI is InChI=1S/C25H37NO4/c1-23(2,28)20-11-12-24(3,30-20)21-17-25(18-29-21)13-15-26(16-14-25)22(27)10-9-19-7-5-4-6-8-19/h4-8,20-21,28H,9-18H2,1-3H3/t20-,21-,24+/m0/s1. The summed E-state index contributed by atoms with van der Waals surface area (Å²) in [6.07, 6.45) is 6.14. The number of aryl methyl sites for hydroxylation is 1. The number of ether oxygens (including phenoxy) is 2. The molecule has 3 saturated heterocycles. The van der Waals surface area contributed by atoms with Gasteiger partial charge in [-0.05, 0) is 70.3 Å². The van der Waals surface area contributed by atoms with Crippen molar-refractivity contribution in [2.24, 2.45) is 5.41 Å². The number of benzene rings is 1. The van der Waals surface area contributed by atoms with Crippen LogP contribution in [0.1, 0.15) is 64.9 Å². The predicted octanol–water partition coefficient (Wildman–Crippen LogP) is 3.73. The minimum atomic E-state index is -0.820. The molecule has 3 atom stereocenters. The van der Waals surface area contributed by atoms with Gasteiger partial charge in [-0.25, -0.2) is 0 Å². The number of likely N-dealkylation sites (tertiary alicyclic amines) is 1. The van der Waals surface area contributed by atoms with Crippen molar-refractivity contribution in [1.82, 2.24) is 4.90 Å². The molecule has 3 heterocycles. The molecule has 5 heteroatoms. The number of carbonyl (C=O) groups excluding carboxylic acids is 1. The first-order valence-electron chi connectivity index (χ1n) is 11.5. The van der Waals surface area contributed by atoms with E-state index in [4.69, 9.17) is 9.47 Å². The zero-order chi connectivity index (χ0) is 21.4. The van der Waals surface area contributed by atoms with Gasteiger partial charge in [-0.15, -0.1) is 0 Å². The Labute approximate surface area is 180 Å². The first kappa shape index (κ1) is 21.8. The fraction of sp³-hybridized carbons (Fsp3) is 0.720. The summed E-state index contributed by atoms with van der Waals surface area (Å²) in [5.74, 6) is 0.267. The van der Waals surface area contributed by atoms with Crippen LogP contribution in [0.15, 0.2) is 30.3 Å². The Morgan fingerprint density at radius 2 is 1.90 bits per heavy atom. The molecular formula is C25H37NO4. The van der Waals surface area contributed by atoms with Crippen molar-refractivity contribution in [1.29, 1.82) is 0 Å². The number of piperidine rings is 1. The maximum Gasteiger partial charge on any atom is 0.222 e. The third-order valence-electron chi connectivity index (χ3n) is 7.64. The summed E-state index contributed by atoms with van der Waals surface area (Å²) in [5.41, 5.74) is 0.247. The highest BCUT2D eigenvalue weighted by molar-refractivity contribution is 5.76. The summed E-state index contributed by atoms with van der Waals surface area (Å²) in [7, 11) is 0. The average molecular weight is 416 g/mol. The number of hydrogen-bond donors (Lipinski definition) is 1. The predicted molar refractivity (Wildman–Crippen MR) is 116 cm³/mol. The molecule has 0 radical (unpaired) electrons. The lowest BCUT2D eigenvalue weighted by Gasteiger charge is -2.39. The van der Waals surface area contributed by atoms with E-state index >= 15 is 0 Å². The van der Waals surface area contributed by atoms with E-state index in [2.05, 4.69) is 19.1 Å². The molecule has 4 rings (SSSR count). The van der Waals surface area contributed by atoms with Crippen LogP contribution >= 0.6 is 0 Å². The molecule has 0 aromatic heterocycles. The van der Waals surface area contributed by atoms with E-state index in [1.165, 1.54) is 5.56 Å². The van der Waals surface area contributed by atoms with Crippen molar-refractivity contribution in [3.05, 3.63) is 35.9 Å². The summed E-state index contributed by atoms with van der Waals surface area (Å²) in [6.45, 7) is 8.21. The Morgan fingerprint density at radius 1 is 1.20 bits per heavy atom. The second-order valence-electron chi connectivity index (χ2n) is 10.5. The van der Waals surface area contributed by atoms with Crippen LogP contribution in [-0.4, -0.2) is 59.0 Å². The fourth-order valence-electron chi connectivity index (χ4n) is 5.41. The van der Waals surface area contributed by atoms with Crippen LogP contribution in [0.2, 0.25) is 0 Å². The molecule has 0 saturated carbocycles. The summed E-state index contributed by atoms with van der Waals surface area (Å²) in [4.78, 5) is 14.7. The maximum atomic E-state index is 12.7. The summed E-state index contributed by atoms with van der Waals surface area (Å²) < 4.78 is 12.6. The van der Waals surface area contributed by atoms with Crippen molar-refractivity contribution in [3.8, 4) is 0 Å². The van der Waals surface area contributed by atoms with Gasteiger partial charge in [-0.1, -0.05) is 30.3 Å². The Morgan fingerprint density at radius 3 is 2.53 bits per heavy atom. The van der Waals surface area contributed by atoms with E-state index in [-0.39, 0.29) is 29.1 Å². The molecule has 3 fully saturated rings. The van der Waals surface area contributed by atoms with Gasteiger partial charge in [-0.3, -0.25) is 4.79 Å². The van der Waals surface area contributed by atoms with Gasteiger partial charge in [0.05, 0.1) is 30.0 Å². The lowest BCUT2D eigenvalue weighted by Crippen LogP contribution is -2.45. The molecule has 3 aliphatic heterocycles. The minimum Gasteiger partial charge on any atom is -0.388 e. The molecule has 166 valence electrons. The number of hydrogen-bond acceptors (Lipinski definition) is 4. The molecule has 5 nitrogen and oxygen atoms in total. The van der Waals surface area contributed by atoms with Crippen LogP contribution in [0.25, 0.3) is 0 Å². The largest absolute Gasteiger partial charge is 0.388 e. The molecule has 1 aromatic carbocycles. The van der Waals surface area contributed by atoms with E-state index in [9.17, 15) is 9.90 Å². The molecule has 0 aliphatic carbocycles. The van der Waals surface area contributed by atoms with Crippen LogP contribution in [0.5, 0.6) is 0 Å². The van der Waals surface area contributed by atoms with Crippen LogP contribution in [-0.2, 0) is 20.7 Å². The van der Waals surface area contributed by atoms with Crippen LogP contribution in [0, 0.1) is 5.41 Å². The quantitative estimate of drug-likeness (QED) is 0.796. The average Bonchev–Trinajstić information content (AvgIpc) is 3.33. The molecule has 1 N–H and O–H groups in total. The lowest BCUT2D eigenvalue weighted by molar-refractivity contribution is -0.155. The third-order valence-corrected chi connectivity index (χ3v) is 7.64. The van der Waals surface area contributed by atoms with Gasteiger partial charge in [0.2, 0.25) is 5.91 Å². The monoisotopic (exact) mass is 415 g/mol. The molecule has 3 aliphatic rings. The van der Waals surface area contributed by atoms with Gasteiger partial charge in [-0.2, -0.15) is 0 Å². The maximum absolute atomic E-state index is 12.7. The van der Waals surface area contributed by atoms with E-state index in [0.717, 1.165) is 58.2 Å². The first-order valence-corrected chi connectivity index (χ1v) is 11.5. The molecule has 1 aromatic rings. The number of amides is 1. The first-order chi connectivity index (χ1) is 14.2. The molecule has 1 amide bonds. The zero-order valence-electron chi connectivity index (χ0n) is 18.7. The second-order valence-corrected chi connectivity index (χ2v) is 10.5. The highest BCUT2D eigenvalue weighted by atomic mass is 16.6. The Kier molecular flexibility index (Phi) is 5.99. The van der Waals surface area contributed by atoms with E-state index in [1.54, 1.807) is 0 Å². The van der Waals surface area contributed by atoms with Crippen LogP contribution in [0.4, 0.5) is 0 Å². The number of nitrogens with zero attached hydrogens (tertiary/aromatic N) is 1. The van der Waals surface area contributed by atoms with Gasteiger partial charge >= 0.3 is 0 Å². The van der Waals surface area contributed by atoms with E-state index < -0.39 is 5.60 Å². The van der Waals surface area contributed by atoms with E-state index in [1.807, 2.05) is 36.9 Å². The Hall–Kier alpha value is -1.43. The van der Waals surface area contributed by atoms with Gasteiger partial charge in [0.25, 0.3) is 0 Å². The highest BCUT2D eigenvalue weighted by Crippen LogP contribution is 2.49. The lowest BCUT2D eigenvalue weighted by atomic mass is 9.74. The summed E-state index contributed by atoms with van der Waals surface area (Å²) in [5, 5.41) is 10.3. The minimum absolute atomic E-state index is 0.0742. The fourth-order valence-corrected chi connectivity index (χ4v) is 5.41. The van der Waals surface area contributed by atoms with Gasteiger partial charge in [0, 0.05) is 19.5 Å². The Balaban J connectivity index is 1.27. The van der Waals surface area contributed by atoms with Gasteiger partial charge in [0.1, 0.15) is 0 Å². The third kappa shape index (κ3) is 4.58. The van der Waals surface area contributed by atoms with Crippen molar-refractivity contribution < 1.29 is 19.4 Å². The smallest absolute Gasteiger partial charge is 0.222 e. The van der Waals surface area contributed by atoms with Crippen molar-refractivity contribution in [2.45, 2.75) is 89.1 Å². The number of aliphatic hydroxyl groups is 1. The number of rotatable bonds is 5. The molecule has 30 heavy (non-hydrogen) atoms. The zero-order valence-corrected chi connectivity index (χ0v) is 18.7. The Bertz CT molecular complexity index is 735. The van der Waals surface area contributed by atoms with Gasteiger partial charge in [0.15, 0.2) is 0 Å². The molecular weight excluding hydrogens is 378 g/mol. The van der Waals surface area contributed by atoms with Crippen molar-refractivity contribution in [3.63, 3.8) is 0 Å². The normalized spacial score (nSPS) is 31.4. The second kappa shape index (κ2) is 8.25. The summed E-state index contributed by atoms with van der Waals surface area (Å²) >= 11 is 0. The van der Waals surface area contributed by atoms with Gasteiger partial charge < -0.3 is 19.5 Å². The van der Waals surface area contributed by atoms with Crippen molar-refractivity contribution >= 4 is 5.91 Å². The number of carbonyl (C=O) groups is 1. The van der Waals surface area contributed by atoms with E-state index in [0.29, 0.717) is 6.42 Å². The SMILES string of the molecule is CC(C)(O)[C@@H]1CC[C@](C)([C@@H]2CC3(CCN(C(=O)CCc4ccccc4)CC3)CO2)O1. The topological polar surface area (TPSA) is 59.0 Å². The molecule has 0 unspecified atom stereocenters. The molecule has 1 spiro atoms. The molecule has 0 bridgehead atoms. The van der Waals surface area contributed by atoms with Crippen molar-refractivity contribution in [2.75, 3.05) is 19.7 Å². The van der Waals surface area contributed by atoms with Crippen LogP contribution in [0.3, 0.4) is 0 Å². The highest BCUT2D eigenvalue weighted by Gasteiger charge is 2.53. The summed E-state index contributed by atoms with van der Waals surface area (Å²) in [6, 6.07) is 10.2.